The standard InChI is InChI=1S/C85H95Cl2FN10O29/c1-33(2)20-48(91-5)76(111)97-64-66(104)37-9-18-52(46(86)22-37)121-54-24-39-25-55(73(54)126-84-71(109)69(107)74(57(32-99)124-84)127-83-70(108)68(106)67(105)56(123-83)31-92-30-35-6-13-42(14-7-35)120-43-15-11-40(88)12-16-43)122-53-19-10-38(23-47(53)87)72(125-59-29-85(4,90)75(110)34(3)119-59)65-81(116)96-63(82(117)118)45-26-41(100)27-51(102)60(45)44-21-36(8-17-50(44)101)61(78(113)98-65)95-79(114)62(39)94-77(112)49(28-58(89)103)93-80(64)115/h6-19,21-27,33-34,48-49,56-57,59,61-72,74-75,83-84,91-92,99-102,104-110H,20,28-32,90H2,1-5H3,(H2,89,103)(H,93,115)(H,94,112)(H,95,114)(H,96,116)(H,97,111)(H,98,113)(H,117,118)/t34-,48+,49-,56+,57+,59?,61+,62+,63+,64?,65-,66+,67-,68-,69+,70+,71+,72+,74+,75-,83-,84-,85-/m0/s1. The van der Waals surface area contributed by atoms with E-state index in [1.807, 2.05) is 0 Å². The summed E-state index contributed by atoms with van der Waals surface area (Å²) in [5.74, 6) is -16.4. The van der Waals surface area contributed by atoms with Gasteiger partial charge in [-0.15, -0.1) is 0 Å². The number of halogens is 3. The number of carbonyl (C=O) groups is 8. The van der Waals surface area contributed by atoms with E-state index >= 15 is 24.0 Å². The minimum Gasteiger partial charge on any atom is -0.508 e. The molecule has 7 aromatic rings. The summed E-state index contributed by atoms with van der Waals surface area (Å²) in [6.45, 7) is 5.30. The van der Waals surface area contributed by atoms with Gasteiger partial charge in [0.2, 0.25) is 53.4 Å². The van der Waals surface area contributed by atoms with Gasteiger partial charge >= 0.3 is 5.97 Å². The number of amides is 7. The van der Waals surface area contributed by atoms with Gasteiger partial charge in [-0.05, 0) is 152 Å². The van der Waals surface area contributed by atoms with Gasteiger partial charge in [0.1, 0.15) is 137 Å². The van der Waals surface area contributed by atoms with Crippen LogP contribution in [0, 0.1) is 11.7 Å². The zero-order valence-electron chi connectivity index (χ0n) is 68.2. The number of aliphatic hydroxyl groups is 8. The fourth-order valence-electron chi connectivity index (χ4n) is 15.7. The summed E-state index contributed by atoms with van der Waals surface area (Å²) in [7, 11) is 1.46. The number of phenolic OH excluding ortho intramolecular Hbond substituents is 3. The Labute approximate surface area is 732 Å². The van der Waals surface area contributed by atoms with Crippen molar-refractivity contribution in [3.8, 4) is 68.6 Å². The molecule has 11 bridgehead atoms. The summed E-state index contributed by atoms with van der Waals surface area (Å²) < 4.78 is 70.5. The van der Waals surface area contributed by atoms with E-state index in [-0.39, 0.29) is 43.0 Å². The molecule has 0 saturated carbocycles. The van der Waals surface area contributed by atoms with Crippen molar-refractivity contribution in [2.24, 2.45) is 17.4 Å². The molecule has 2 unspecified atom stereocenters. The number of aliphatic hydroxyl groups excluding tert-OH is 8. The van der Waals surface area contributed by atoms with Gasteiger partial charge in [0.25, 0.3) is 0 Å². The maximum Gasteiger partial charge on any atom is 0.330 e. The molecular formula is C85H95Cl2FN10O29. The van der Waals surface area contributed by atoms with E-state index in [4.69, 9.17) is 77.3 Å². The van der Waals surface area contributed by atoms with E-state index in [0.29, 0.717) is 17.1 Å². The minimum absolute atomic E-state index is 0.135. The van der Waals surface area contributed by atoms with Gasteiger partial charge < -0.3 is 158 Å². The van der Waals surface area contributed by atoms with Crippen LogP contribution in [-0.4, -0.2) is 238 Å². The van der Waals surface area contributed by atoms with Crippen LogP contribution in [-0.2, 0) is 68.6 Å². The van der Waals surface area contributed by atoms with Crippen molar-refractivity contribution in [2.45, 2.75) is 193 Å². The van der Waals surface area contributed by atoms with Crippen LogP contribution in [0.1, 0.15) is 111 Å². The van der Waals surface area contributed by atoms with Crippen molar-refractivity contribution < 1.29 is 147 Å². The SMILES string of the molecule is CN[C@H](CC(C)C)C(=O)NC1C(=O)N[C@@H](CC(N)=O)C(=O)N[C@H]2C(=O)N[C@H]3C(=O)N[C@H](C(=O)N[C@@H](C(=O)O)c4cc(O)cc(O)c4-c4cc3ccc4O)[C@H](OC3C[C@](C)(N)[C@@H](O)[C@H](C)O3)c3ccc(c(Cl)c3)Oc3cc2cc(c3O[C@@H]2O[C@H](CO)[C@@H](O[C@@H]3O[C@H](CNCc4ccc(Oc5ccc(F)cc5)cc4)[C@H](O)[C@H](O)[C@H]3O)[C@H](O)[C@H]2O)Oc2ccc(cc2Cl)[C@H]1O. The normalized spacial score (nSPS) is 29.4. The molecule has 127 heavy (non-hydrogen) atoms. The Morgan fingerprint density at radius 3 is 1.87 bits per heavy atom. The number of aromatic hydroxyl groups is 3. The topological polar surface area (TPSA) is 611 Å². The number of fused-ring (bicyclic) bond motifs is 15. The molecule has 0 aromatic heterocycles. The number of rotatable bonds is 21. The number of aliphatic carboxylic acids is 1. The molecule has 3 saturated heterocycles. The number of nitrogens with one attached hydrogen (secondary N) is 8. The first kappa shape index (κ1) is 93.4. The molecule has 23 atom stereocenters. The van der Waals surface area contributed by atoms with Crippen LogP contribution < -0.4 is 72.9 Å². The smallest absolute Gasteiger partial charge is 0.330 e. The summed E-state index contributed by atoms with van der Waals surface area (Å²) in [5.41, 5.74) is 8.63. The number of carboxylic acids is 1. The minimum atomic E-state index is -2.43. The van der Waals surface area contributed by atoms with Crippen molar-refractivity contribution in [1.82, 2.24) is 42.5 Å². The Balaban J connectivity index is 0.953. The summed E-state index contributed by atoms with van der Waals surface area (Å²) >= 11 is 14.5. The number of primary amides is 1. The second-order valence-electron chi connectivity index (χ2n) is 32.2. The van der Waals surface area contributed by atoms with Crippen LogP contribution in [0.25, 0.3) is 11.1 Å². The fraction of sp³-hybridized carbons (Fsp3) is 0.412. The van der Waals surface area contributed by atoms with E-state index < -0.39 is 290 Å². The molecule has 680 valence electrons. The number of likely N-dealkylation sites (N-methyl/N-ethyl adjacent to an activating group) is 1. The summed E-state index contributed by atoms with van der Waals surface area (Å²) in [4.78, 5) is 120. The van der Waals surface area contributed by atoms with Gasteiger partial charge in [-0.3, -0.25) is 33.6 Å². The Hall–Kier alpha value is -11.2. The summed E-state index contributed by atoms with van der Waals surface area (Å²) in [6.07, 6.45) is -29.4. The Morgan fingerprint density at radius 1 is 0.646 bits per heavy atom. The third-order valence-electron chi connectivity index (χ3n) is 22.3. The lowest BCUT2D eigenvalue weighted by Gasteiger charge is -2.46. The van der Waals surface area contributed by atoms with Gasteiger partial charge in [0.15, 0.2) is 30.1 Å². The van der Waals surface area contributed by atoms with E-state index in [2.05, 4.69) is 42.5 Å². The lowest BCUT2D eigenvalue weighted by Crippen LogP contribution is -2.65. The molecule has 24 N–H and O–H groups in total. The monoisotopic (exact) mass is 1810 g/mol. The molecule has 7 aromatic carbocycles. The van der Waals surface area contributed by atoms with Crippen molar-refractivity contribution in [3.05, 3.63) is 177 Å². The zero-order valence-corrected chi connectivity index (χ0v) is 69.8. The highest BCUT2D eigenvalue weighted by Gasteiger charge is 2.53. The van der Waals surface area contributed by atoms with Gasteiger partial charge in [0.05, 0.1) is 41.3 Å². The Kier molecular flexibility index (Phi) is 28.8. The highest BCUT2D eigenvalue weighted by atomic mass is 35.5. The first-order chi connectivity index (χ1) is 60.3. The molecule has 8 aliphatic heterocycles. The molecule has 3 fully saturated rings. The second kappa shape index (κ2) is 39.2. The molecule has 0 spiro atoms. The Bertz CT molecular complexity index is 5280. The fourth-order valence-corrected chi connectivity index (χ4v) is 16.1. The predicted octanol–water partition coefficient (Wildman–Crippen LogP) is 1.66. The average Bonchev–Trinajstić information content (AvgIpc) is 0.761. The van der Waals surface area contributed by atoms with Gasteiger partial charge in [0, 0.05) is 47.8 Å². The number of carbonyl (C=O) groups excluding carboxylic acids is 7. The van der Waals surface area contributed by atoms with Crippen molar-refractivity contribution >= 4 is 70.5 Å². The molecule has 0 radical (unpaired) electrons. The van der Waals surface area contributed by atoms with Crippen LogP contribution in [0.15, 0.2) is 127 Å². The third kappa shape index (κ3) is 20.8. The maximum absolute atomic E-state index is 16.4. The number of hydrogen-bond donors (Lipinski definition) is 22. The first-order valence-corrected chi connectivity index (χ1v) is 40.9. The molecule has 15 rings (SSSR count). The number of hydrogen-bond acceptors (Lipinski definition) is 31. The van der Waals surface area contributed by atoms with Crippen LogP contribution in [0.5, 0.6) is 57.5 Å². The maximum atomic E-state index is 16.4. The number of ether oxygens (including phenoxy) is 9. The zero-order chi connectivity index (χ0) is 91.6. The quantitative estimate of drug-likeness (QED) is 0.0486. The van der Waals surface area contributed by atoms with E-state index in [0.717, 1.165) is 66.7 Å². The number of phenols is 3. The van der Waals surface area contributed by atoms with E-state index in [9.17, 15) is 80.1 Å². The molecule has 8 aliphatic rings. The lowest BCUT2D eigenvalue weighted by atomic mass is 9.86. The largest absolute Gasteiger partial charge is 0.508 e. The highest BCUT2D eigenvalue weighted by molar-refractivity contribution is 6.32. The molecule has 8 heterocycles. The van der Waals surface area contributed by atoms with Crippen molar-refractivity contribution in [3.63, 3.8) is 0 Å². The molecule has 0 aliphatic carbocycles. The molecular weight excluding hydrogens is 1710 g/mol. The van der Waals surface area contributed by atoms with E-state index in [1.165, 1.54) is 57.3 Å². The molecule has 42 heteroatoms. The second-order valence-corrected chi connectivity index (χ2v) is 33.0. The predicted molar refractivity (Wildman–Crippen MR) is 439 cm³/mol. The molecule has 7 amide bonds. The van der Waals surface area contributed by atoms with Gasteiger partial charge in [-0.1, -0.05) is 67.4 Å². The lowest BCUT2D eigenvalue weighted by molar-refractivity contribution is -0.350. The van der Waals surface area contributed by atoms with Crippen molar-refractivity contribution in [2.75, 3.05) is 20.2 Å². The number of nitrogens with two attached hydrogens (primary N) is 2. The Morgan fingerprint density at radius 2 is 1.25 bits per heavy atom. The third-order valence-corrected chi connectivity index (χ3v) is 22.9. The van der Waals surface area contributed by atoms with Gasteiger partial charge in [-0.25, -0.2) is 9.18 Å². The van der Waals surface area contributed by atoms with Gasteiger partial charge in [-0.2, -0.15) is 0 Å². The summed E-state index contributed by atoms with van der Waals surface area (Å²) in [6, 6.07) is 11.0. The van der Waals surface area contributed by atoms with E-state index in [1.54, 1.807) is 38.1 Å². The summed E-state index contributed by atoms with van der Waals surface area (Å²) in [5, 5.41) is 159. The average molecular weight is 1810 g/mol. The highest BCUT2D eigenvalue weighted by Crippen LogP contribution is 2.50. The van der Waals surface area contributed by atoms with Crippen molar-refractivity contribution in [1.29, 1.82) is 0 Å². The van der Waals surface area contributed by atoms with Crippen LogP contribution in [0.2, 0.25) is 10.0 Å². The number of carboxylic acid groups (broad SMARTS) is 1. The first-order valence-electron chi connectivity index (χ1n) is 40.1. The van der Waals surface area contributed by atoms with Crippen LogP contribution in [0.4, 0.5) is 4.39 Å². The van der Waals surface area contributed by atoms with Crippen LogP contribution in [0.3, 0.4) is 0 Å². The molecule has 39 nitrogen and oxygen atoms in total. The van der Waals surface area contributed by atoms with Crippen LogP contribution >= 0.6 is 23.2 Å². The number of benzene rings is 7.